The molecule has 0 amide bonds. The van der Waals surface area contributed by atoms with Gasteiger partial charge in [0.2, 0.25) is 5.82 Å². The zero-order valence-corrected chi connectivity index (χ0v) is 11.4. The van der Waals surface area contributed by atoms with E-state index in [0.29, 0.717) is 12.2 Å². The minimum absolute atomic E-state index is 0.105. The number of hydrogen-bond donors (Lipinski definition) is 2. The first-order valence-corrected chi connectivity index (χ1v) is 6.00. The zero-order chi connectivity index (χ0) is 14.7. The molecule has 0 radical (unpaired) electrons. The summed E-state index contributed by atoms with van der Waals surface area (Å²) in [6.07, 6.45) is 0. The second-order valence-electron chi connectivity index (χ2n) is 4.42. The predicted octanol–water partition coefficient (Wildman–Crippen LogP) is 1.64. The van der Waals surface area contributed by atoms with Gasteiger partial charge < -0.3 is 10.4 Å². The van der Waals surface area contributed by atoms with E-state index in [1.807, 2.05) is 6.92 Å². The first-order valence-electron chi connectivity index (χ1n) is 6.00. The van der Waals surface area contributed by atoms with Crippen LogP contribution in [0, 0.1) is 23.0 Å². The molecule has 8 heteroatoms. The monoisotopic (exact) mass is 270 g/mol. The summed E-state index contributed by atoms with van der Waals surface area (Å²) in [6.45, 7) is 7.05. The normalized spacial score (nSPS) is 13.9. The van der Waals surface area contributed by atoms with Crippen LogP contribution >= 0.6 is 0 Å². The SMILES string of the molecule is CCn1nc(C)c([N+](=O)[O-])c1NC(C)C(C)C(=O)O. The lowest BCUT2D eigenvalue weighted by atomic mass is 10.0. The van der Waals surface area contributed by atoms with Crippen LogP contribution in [0.15, 0.2) is 0 Å². The lowest BCUT2D eigenvalue weighted by molar-refractivity contribution is -0.384. The number of carboxylic acids is 1. The summed E-state index contributed by atoms with van der Waals surface area (Å²) in [7, 11) is 0. The summed E-state index contributed by atoms with van der Waals surface area (Å²) in [4.78, 5) is 21.5. The molecule has 2 N–H and O–H groups in total. The molecule has 0 saturated carbocycles. The van der Waals surface area contributed by atoms with Crippen molar-refractivity contribution in [3.8, 4) is 0 Å². The fourth-order valence-corrected chi connectivity index (χ4v) is 1.72. The molecular weight excluding hydrogens is 252 g/mol. The van der Waals surface area contributed by atoms with Gasteiger partial charge in [-0.15, -0.1) is 0 Å². The van der Waals surface area contributed by atoms with E-state index in [4.69, 9.17) is 5.11 Å². The van der Waals surface area contributed by atoms with Crippen molar-refractivity contribution in [3.05, 3.63) is 15.8 Å². The molecule has 0 spiro atoms. The van der Waals surface area contributed by atoms with Gasteiger partial charge in [-0.25, -0.2) is 4.68 Å². The predicted molar refractivity (Wildman–Crippen MR) is 69.2 cm³/mol. The van der Waals surface area contributed by atoms with Gasteiger partial charge in [-0.2, -0.15) is 5.10 Å². The van der Waals surface area contributed by atoms with Crippen molar-refractivity contribution < 1.29 is 14.8 Å². The zero-order valence-electron chi connectivity index (χ0n) is 11.4. The number of aryl methyl sites for hydroxylation is 2. The van der Waals surface area contributed by atoms with Gasteiger partial charge >= 0.3 is 11.7 Å². The Bertz CT molecular complexity index is 497. The standard InChI is InChI=1S/C11H18N4O4/c1-5-14-10(9(15(18)19)8(4)13-14)12-7(3)6(2)11(16)17/h6-7,12H,5H2,1-4H3,(H,16,17). The van der Waals surface area contributed by atoms with E-state index in [0.717, 1.165) is 0 Å². The molecule has 106 valence electrons. The average molecular weight is 270 g/mol. The highest BCUT2D eigenvalue weighted by Crippen LogP contribution is 2.29. The van der Waals surface area contributed by atoms with Crippen LogP contribution in [0.1, 0.15) is 26.5 Å². The molecule has 0 saturated heterocycles. The van der Waals surface area contributed by atoms with E-state index in [2.05, 4.69) is 10.4 Å². The number of nitrogens with one attached hydrogen (secondary N) is 1. The second-order valence-corrected chi connectivity index (χ2v) is 4.42. The van der Waals surface area contributed by atoms with Crippen molar-refractivity contribution in [2.45, 2.75) is 40.3 Å². The average Bonchev–Trinajstić information content (AvgIpc) is 2.64. The molecule has 1 aromatic rings. The largest absolute Gasteiger partial charge is 0.481 e. The molecule has 0 aliphatic carbocycles. The summed E-state index contributed by atoms with van der Waals surface area (Å²) < 4.78 is 1.47. The number of aliphatic carboxylic acids is 1. The van der Waals surface area contributed by atoms with E-state index in [1.54, 1.807) is 20.8 Å². The molecule has 1 aromatic heterocycles. The van der Waals surface area contributed by atoms with E-state index in [9.17, 15) is 14.9 Å². The van der Waals surface area contributed by atoms with Gasteiger partial charge in [0.05, 0.1) is 10.8 Å². The summed E-state index contributed by atoms with van der Waals surface area (Å²) in [5.74, 6) is -1.37. The number of nitrogens with zero attached hydrogens (tertiary/aromatic N) is 3. The van der Waals surface area contributed by atoms with E-state index < -0.39 is 22.9 Å². The van der Waals surface area contributed by atoms with Gasteiger partial charge in [0.1, 0.15) is 5.69 Å². The molecule has 0 bridgehead atoms. The van der Waals surface area contributed by atoms with Crippen molar-refractivity contribution in [1.82, 2.24) is 9.78 Å². The van der Waals surface area contributed by atoms with E-state index in [1.165, 1.54) is 4.68 Å². The van der Waals surface area contributed by atoms with Crippen LogP contribution < -0.4 is 5.32 Å². The van der Waals surface area contributed by atoms with Gasteiger partial charge in [-0.3, -0.25) is 14.9 Å². The highest BCUT2D eigenvalue weighted by atomic mass is 16.6. The van der Waals surface area contributed by atoms with E-state index in [-0.39, 0.29) is 11.5 Å². The van der Waals surface area contributed by atoms with Crippen molar-refractivity contribution in [1.29, 1.82) is 0 Å². The van der Waals surface area contributed by atoms with Crippen LogP contribution in [0.5, 0.6) is 0 Å². The fourth-order valence-electron chi connectivity index (χ4n) is 1.72. The van der Waals surface area contributed by atoms with Crippen LogP contribution in [-0.4, -0.2) is 31.8 Å². The Hall–Kier alpha value is -2.12. The second kappa shape index (κ2) is 5.68. The van der Waals surface area contributed by atoms with Crippen molar-refractivity contribution in [2.75, 3.05) is 5.32 Å². The number of carbonyl (C=O) groups is 1. The molecule has 19 heavy (non-hydrogen) atoms. The molecule has 0 aliphatic rings. The highest BCUT2D eigenvalue weighted by molar-refractivity contribution is 5.71. The smallest absolute Gasteiger partial charge is 0.333 e. The van der Waals surface area contributed by atoms with Crippen LogP contribution in [0.4, 0.5) is 11.5 Å². The molecule has 0 fully saturated rings. The van der Waals surface area contributed by atoms with Crippen molar-refractivity contribution in [2.24, 2.45) is 5.92 Å². The number of aromatic nitrogens is 2. The van der Waals surface area contributed by atoms with Crippen molar-refractivity contribution >= 4 is 17.5 Å². The Morgan fingerprint density at radius 1 is 1.58 bits per heavy atom. The summed E-state index contributed by atoms with van der Waals surface area (Å²) >= 11 is 0. The van der Waals surface area contributed by atoms with Crippen molar-refractivity contribution in [3.63, 3.8) is 0 Å². The molecule has 1 rings (SSSR count). The molecule has 2 atom stereocenters. The minimum Gasteiger partial charge on any atom is -0.481 e. The highest BCUT2D eigenvalue weighted by Gasteiger charge is 2.28. The number of anilines is 1. The molecule has 2 unspecified atom stereocenters. The van der Waals surface area contributed by atoms with Gasteiger partial charge in [0.15, 0.2) is 0 Å². The van der Waals surface area contributed by atoms with Crippen LogP contribution in [0.25, 0.3) is 0 Å². The topological polar surface area (TPSA) is 110 Å². The molecule has 0 aliphatic heterocycles. The van der Waals surface area contributed by atoms with E-state index >= 15 is 0 Å². The Balaban J connectivity index is 3.12. The minimum atomic E-state index is -0.957. The maximum atomic E-state index is 11.1. The lowest BCUT2D eigenvalue weighted by Crippen LogP contribution is -2.30. The molecule has 1 heterocycles. The Labute approximate surface area is 110 Å². The lowest BCUT2D eigenvalue weighted by Gasteiger charge is -2.18. The third kappa shape index (κ3) is 3.01. The maximum Gasteiger partial charge on any atom is 0.333 e. The van der Waals surface area contributed by atoms with Gasteiger partial charge in [0.25, 0.3) is 0 Å². The third-order valence-corrected chi connectivity index (χ3v) is 3.08. The van der Waals surface area contributed by atoms with Crippen LogP contribution in [-0.2, 0) is 11.3 Å². The summed E-state index contributed by atoms with van der Waals surface area (Å²) in [5.41, 5.74) is 0.204. The van der Waals surface area contributed by atoms with Gasteiger partial charge in [0, 0.05) is 12.6 Å². The molecule has 8 nitrogen and oxygen atoms in total. The number of rotatable bonds is 6. The van der Waals surface area contributed by atoms with Gasteiger partial charge in [-0.1, -0.05) is 0 Å². The molecular formula is C11H18N4O4. The Kier molecular flexibility index (Phi) is 4.47. The maximum absolute atomic E-state index is 11.1. The fraction of sp³-hybridized carbons (Fsp3) is 0.636. The first kappa shape index (κ1) is 14.9. The van der Waals surface area contributed by atoms with Crippen LogP contribution in [0.3, 0.4) is 0 Å². The van der Waals surface area contributed by atoms with Gasteiger partial charge in [-0.05, 0) is 27.7 Å². The number of hydrogen-bond acceptors (Lipinski definition) is 5. The summed E-state index contributed by atoms with van der Waals surface area (Å²) in [5, 5.41) is 27.0. The number of carboxylic acid groups (broad SMARTS) is 1. The number of nitro groups is 1. The summed E-state index contributed by atoms with van der Waals surface area (Å²) in [6, 6.07) is -0.447. The quantitative estimate of drug-likeness (QED) is 0.600. The van der Waals surface area contributed by atoms with Crippen LogP contribution in [0.2, 0.25) is 0 Å². The first-order chi connectivity index (χ1) is 8.79. The Morgan fingerprint density at radius 3 is 2.58 bits per heavy atom. The molecule has 0 aromatic carbocycles. The third-order valence-electron chi connectivity index (χ3n) is 3.08. The Morgan fingerprint density at radius 2 is 2.16 bits per heavy atom.